The highest BCUT2D eigenvalue weighted by atomic mass is 79.9. The van der Waals surface area contributed by atoms with Gasteiger partial charge in [0, 0.05) is 36.2 Å². The third-order valence-corrected chi connectivity index (χ3v) is 3.48. The van der Waals surface area contributed by atoms with Crippen molar-refractivity contribution in [3.05, 3.63) is 28.7 Å². The molecule has 0 aliphatic carbocycles. The summed E-state index contributed by atoms with van der Waals surface area (Å²) in [7, 11) is 1.80. The number of amides is 1. The molecule has 1 aliphatic rings. The van der Waals surface area contributed by atoms with E-state index in [4.69, 9.17) is 4.74 Å². The van der Waals surface area contributed by atoms with E-state index in [1.54, 1.807) is 11.9 Å². The molecule has 0 spiro atoms. The first-order valence-electron chi connectivity index (χ1n) is 6.00. The number of morpholine rings is 1. The fourth-order valence-electron chi connectivity index (χ4n) is 1.93. The van der Waals surface area contributed by atoms with Gasteiger partial charge in [-0.3, -0.25) is 4.79 Å². The number of halogens is 1. The van der Waals surface area contributed by atoms with E-state index in [-0.39, 0.29) is 11.9 Å². The SMILES string of the molecule is CN(C(=O)CC1COCCN1)c1cccc(Br)c1. The normalized spacial score (nSPS) is 19.6. The number of hydrogen-bond acceptors (Lipinski definition) is 3. The third-order valence-electron chi connectivity index (χ3n) is 2.99. The topological polar surface area (TPSA) is 41.6 Å². The minimum absolute atomic E-state index is 0.0936. The van der Waals surface area contributed by atoms with Crippen LogP contribution in [0.25, 0.3) is 0 Å². The summed E-state index contributed by atoms with van der Waals surface area (Å²) in [6.07, 6.45) is 0.461. The van der Waals surface area contributed by atoms with Crippen molar-refractivity contribution >= 4 is 27.5 Å². The van der Waals surface area contributed by atoms with Crippen LogP contribution in [-0.4, -0.2) is 38.8 Å². The van der Waals surface area contributed by atoms with Gasteiger partial charge in [0.1, 0.15) is 0 Å². The van der Waals surface area contributed by atoms with Crippen molar-refractivity contribution in [1.82, 2.24) is 5.32 Å². The first kappa shape index (κ1) is 13.5. The molecule has 4 nitrogen and oxygen atoms in total. The molecule has 1 aromatic rings. The molecule has 0 saturated carbocycles. The van der Waals surface area contributed by atoms with E-state index in [1.165, 1.54) is 0 Å². The lowest BCUT2D eigenvalue weighted by Crippen LogP contribution is -2.44. The Morgan fingerprint density at radius 1 is 1.61 bits per heavy atom. The summed E-state index contributed by atoms with van der Waals surface area (Å²) in [5.74, 6) is 0.0936. The average molecular weight is 313 g/mol. The zero-order chi connectivity index (χ0) is 13.0. The van der Waals surface area contributed by atoms with Gasteiger partial charge in [-0.05, 0) is 18.2 Å². The first-order chi connectivity index (χ1) is 8.66. The minimum Gasteiger partial charge on any atom is -0.378 e. The first-order valence-corrected chi connectivity index (χ1v) is 6.79. The van der Waals surface area contributed by atoms with Crippen molar-refractivity contribution in [2.75, 3.05) is 31.7 Å². The van der Waals surface area contributed by atoms with Crippen LogP contribution >= 0.6 is 15.9 Å². The lowest BCUT2D eigenvalue weighted by molar-refractivity contribution is -0.119. The molecule has 1 saturated heterocycles. The lowest BCUT2D eigenvalue weighted by Gasteiger charge is -2.25. The highest BCUT2D eigenvalue weighted by Gasteiger charge is 2.19. The molecular formula is C13H17BrN2O2. The van der Waals surface area contributed by atoms with Crippen LogP contribution in [0.15, 0.2) is 28.7 Å². The number of nitrogens with zero attached hydrogens (tertiary/aromatic N) is 1. The number of benzene rings is 1. The summed E-state index contributed by atoms with van der Waals surface area (Å²) in [4.78, 5) is 13.8. The van der Waals surface area contributed by atoms with E-state index in [1.807, 2.05) is 24.3 Å². The molecular weight excluding hydrogens is 296 g/mol. The average Bonchev–Trinajstić information content (AvgIpc) is 2.39. The van der Waals surface area contributed by atoms with Gasteiger partial charge in [0.2, 0.25) is 5.91 Å². The third kappa shape index (κ3) is 3.54. The number of ether oxygens (including phenoxy) is 1. The van der Waals surface area contributed by atoms with Crippen molar-refractivity contribution < 1.29 is 9.53 Å². The van der Waals surface area contributed by atoms with E-state index in [2.05, 4.69) is 21.2 Å². The molecule has 0 bridgehead atoms. The Hall–Kier alpha value is -0.910. The predicted molar refractivity (Wildman–Crippen MR) is 74.8 cm³/mol. The second kappa shape index (κ2) is 6.31. The molecule has 1 N–H and O–H groups in total. The van der Waals surface area contributed by atoms with Crippen molar-refractivity contribution in [1.29, 1.82) is 0 Å². The van der Waals surface area contributed by atoms with Crippen molar-refractivity contribution in [2.45, 2.75) is 12.5 Å². The molecule has 1 amide bonds. The Kier molecular flexibility index (Phi) is 4.74. The summed E-state index contributed by atoms with van der Waals surface area (Å²) in [5.41, 5.74) is 0.895. The van der Waals surface area contributed by atoms with Crippen LogP contribution in [0.2, 0.25) is 0 Å². The Labute approximate surface area is 115 Å². The van der Waals surface area contributed by atoms with Crippen LogP contribution in [0.3, 0.4) is 0 Å². The van der Waals surface area contributed by atoms with E-state index < -0.39 is 0 Å². The molecule has 2 rings (SSSR count). The summed E-state index contributed by atoms with van der Waals surface area (Å²) >= 11 is 3.41. The van der Waals surface area contributed by atoms with Gasteiger partial charge >= 0.3 is 0 Å². The number of hydrogen-bond donors (Lipinski definition) is 1. The number of carbonyl (C=O) groups excluding carboxylic acids is 1. The predicted octanol–water partition coefficient (Wildman–Crippen LogP) is 1.79. The zero-order valence-electron chi connectivity index (χ0n) is 10.4. The molecule has 1 fully saturated rings. The summed E-state index contributed by atoms with van der Waals surface area (Å²) in [6.45, 7) is 2.16. The zero-order valence-corrected chi connectivity index (χ0v) is 11.9. The second-order valence-corrected chi connectivity index (χ2v) is 5.28. The van der Waals surface area contributed by atoms with Crippen molar-refractivity contribution in [3.63, 3.8) is 0 Å². The Balaban J connectivity index is 1.95. The van der Waals surface area contributed by atoms with Crippen molar-refractivity contribution in [3.8, 4) is 0 Å². The maximum Gasteiger partial charge on any atom is 0.228 e. The van der Waals surface area contributed by atoms with Crippen LogP contribution in [0.5, 0.6) is 0 Å². The van der Waals surface area contributed by atoms with Gasteiger partial charge in [-0.15, -0.1) is 0 Å². The van der Waals surface area contributed by atoms with Crippen LogP contribution in [0.4, 0.5) is 5.69 Å². The van der Waals surface area contributed by atoms with E-state index in [0.29, 0.717) is 13.0 Å². The van der Waals surface area contributed by atoms with Crippen LogP contribution in [-0.2, 0) is 9.53 Å². The highest BCUT2D eigenvalue weighted by molar-refractivity contribution is 9.10. The summed E-state index contributed by atoms with van der Waals surface area (Å²) < 4.78 is 6.32. The Morgan fingerprint density at radius 3 is 3.11 bits per heavy atom. The minimum atomic E-state index is 0.0936. The fraction of sp³-hybridized carbons (Fsp3) is 0.462. The summed E-state index contributed by atoms with van der Waals surface area (Å²) in [5, 5.41) is 3.29. The maximum absolute atomic E-state index is 12.1. The van der Waals surface area contributed by atoms with Gasteiger partial charge in [0.05, 0.1) is 13.2 Å². The standard InChI is InChI=1S/C13H17BrN2O2/c1-16(12-4-2-3-10(14)7-12)13(17)8-11-9-18-6-5-15-11/h2-4,7,11,15H,5-6,8-9H2,1H3. The molecule has 5 heteroatoms. The maximum atomic E-state index is 12.1. The largest absolute Gasteiger partial charge is 0.378 e. The molecule has 0 aromatic heterocycles. The molecule has 98 valence electrons. The van der Waals surface area contributed by atoms with Crippen LogP contribution < -0.4 is 10.2 Å². The smallest absolute Gasteiger partial charge is 0.228 e. The fourth-order valence-corrected chi connectivity index (χ4v) is 2.31. The van der Waals surface area contributed by atoms with Gasteiger partial charge in [-0.25, -0.2) is 0 Å². The van der Waals surface area contributed by atoms with Crippen LogP contribution in [0, 0.1) is 0 Å². The van der Waals surface area contributed by atoms with E-state index >= 15 is 0 Å². The van der Waals surface area contributed by atoms with Gasteiger partial charge in [0.15, 0.2) is 0 Å². The molecule has 18 heavy (non-hydrogen) atoms. The summed E-state index contributed by atoms with van der Waals surface area (Å²) in [6, 6.07) is 7.85. The van der Waals surface area contributed by atoms with Gasteiger partial charge in [-0.1, -0.05) is 22.0 Å². The van der Waals surface area contributed by atoms with Gasteiger partial charge < -0.3 is 15.0 Å². The molecule has 1 aromatic carbocycles. The number of carbonyl (C=O) groups is 1. The molecule has 1 heterocycles. The number of anilines is 1. The Bertz CT molecular complexity index is 419. The van der Waals surface area contributed by atoms with Crippen molar-refractivity contribution in [2.24, 2.45) is 0 Å². The lowest BCUT2D eigenvalue weighted by atomic mass is 10.1. The van der Waals surface area contributed by atoms with Crippen LogP contribution in [0.1, 0.15) is 6.42 Å². The molecule has 1 unspecified atom stereocenters. The quantitative estimate of drug-likeness (QED) is 0.925. The molecule has 1 aliphatic heterocycles. The number of nitrogens with one attached hydrogen (secondary N) is 1. The van der Waals surface area contributed by atoms with E-state index in [0.717, 1.165) is 23.3 Å². The molecule has 0 radical (unpaired) electrons. The molecule has 1 atom stereocenters. The Morgan fingerprint density at radius 2 is 2.44 bits per heavy atom. The number of rotatable bonds is 3. The van der Waals surface area contributed by atoms with E-state index in [9.17, 15) is 4.79 Å². The highest BCUT2D eigenvalue weighted by Crippen LogP contribution is 2.19. The monoisotopic (exact) mass is 312 g/mol. The van der Waals surface area contributed by atoms with Gasteiger partial charge in [-0.2, -0.15) is 0 Å². The second-order valence-electron chi connectivity index (χ2n) is 4.36. The van der Waals surface area contributed by atoms with Gasteiger partial charge in [0.25, 0.3) is 0 Å².